The second kappa shape index (κ2) is 10.5. The number of nitrogens with zero attached hydrogens (tertiary/aromatic N) is 1. The number of unbranched alkanes of at least 4 members (excludes halogenated alkanes) is 2. The second-order valence-electron chi connectivity index (χ2n) is 4.32. The van der Waals surface area contributed by atoms with Gasteiger partial charge in [-0.3, -0.25) is 9.69 Å². The molecule has 0 aliphatic heterocycles. The van der Waals surface area contributed by atoms with Gasteiger partial charge in [-0.2, -0.15) is 0 Å². The molecule has 17 heavy (non-hydrogen) atoms. The standard InChI is InChI=1S/C13H27NO3/c1-4-6-9-14(10-7-5-2)13(8-11-15)17-12(3)16/h13,15H,4-11H2,1-3H3. The Morgan fingerprint density at radius 1 is 1.24 bits per heavy atom. The number of esters is 1. The average Bonchev–Trinajstić information content (AvgIpc) is 2.28. The number of hydrogen-bond donors (Lipinski definition) is 1. The van der Waals surface area contributed by atoms with E-state index in [0.717, 1.165) is 38.8 Å². The smallest absolute Gasteiger partial charge is 0.304 e. The third kappa shape index (κ3) is 8.16. The average molecular weight is 245 g/mol. The first-order valence-corrected chi connectivity index (χ1v) is 6.67. The topological polar surface area (TPSA) is 49.8 Å². The monoisotopic (exact) mass is 245 g/mol. The van der Waals surface area contributed by atoms with E-state index < -0.39 is 0 Å². The van der Waals surface area contributed by atoms with Crippen LogP contribution in [0.15, 0.2) is 0 Å². The van der Waals surface area contributed by atoms with E-state index in [4.69, 9.17) is 9.84 Å². The summed E-state index contributed by atoms with van der Waals surface area (Å²) in [7, 11) is 0. The Morgan fingerprint density at radius 3 is 2.12 bits per heavy atom. The van der Waals surface area contributed by atoms with Crippen LogP contribution < -0.4 is 0 Å². The molecule has 4 nitrogen and oxygen atoms in total. The highest BCUT2D eigenvalue weighted by molar-refractivity contribution is 5.66. The third-order valence-electron chi connectivity index (χ3n) is 2.68. The minimum absolute atomic E-state index is 0.0483. The molecule has 102 valence electrons. The summed E-state index contributed by atoms with van der Waals surface area (Å²) in [5.41, 5.74) is 0. The highest BCUT2D eigenvalue weighted by atomic mass is 16.6. The van der Waals surface area contributed by atoms with Crippen LogP contribution in [-0.4, -0.2) is 41.9 Å². The molecule has 4 heteroatoms. The van der Waals surface area contributed by atoms with Crippen molar-refractivity contribution in [2.24, 2.45) is 0 Å². The number of carbonyl (C=O) groups excluding carboxylic acids is 1. The molecular weight excluding hydrogens is 218 g/mol. The maximum atomic E-state index is 11.1. The molecule has 0 bridgehead atoms. The molecule has 0 aromatic carbocycles. The fraction of sp³-hybridized carbons (Fsp3) is 0.923. The van der Waals surface area contributed by atoms with Crippen molar-refractivity contribution in [1.29, 1.82) is 0 Å². The van der Waals surface area contributed by atoms with Crippen LogP contribution in [0.2, 0.25) is 0 Å². The van der Waals surface area contributed by atoms with E-state index in [-0.39, 0.29) is 18.8 Å². The van der Waals surface area contributed by atoms with Crippen LogP contribution in [0.5, 0.6) is 0 Å². The summed E-state index contributed by atoms with van der Waals surface area (Å²) in [4.78, 5) is 13.2. The summed E-state index contributed by atoms with van der Waals surface area (Å²) < 4.78 is 5.27. The lowest BCUT2D eigenvalue weighted by Gasteiger charge is -2.30. The van der Waals surface area contributed by atoms with Gasteiger partial charge < -0.3 is 9.84 Å². The van der Waals surface area contributed by atoms with Gasteiger partial charge in [0.25, 0.3) is 0 Å². The van der Waals surface area contributed by atoms with E-state index in [1.807, 2.05) is 0 Å². The first kappa shape index (κ1) is 16.4. The van der Waals surface area contributed by atoms with Crippen LogP contribution in [0, 0.1) is 0 Å². The highest BCUT2D eigenvalue weighted by Crippen LogP contribution is 2.10. The molecule has 1 unspecified atom stereocenters. The summed E-state index contributed by atoms with van der Waals surface area (Å²) in [6.45, 7) is 7.60. The predicted octanol–water partition coefficient (Wildman–Crippen LogP) is 2.16. The molecule has 1 atom stereocenters. The summed E-state index contributed by atoms with van der Waals surface area (Å²) in [6.07, 6.45) is 4.64. The van der Waals surface area contributed by atoms with Crippen molar-refractivity contribution in [2.75, 3.05) is 19.7 Å². The maximum absolute atomic E-state index is 11.1. The highest BCUT2D eigenvalue weighted by Gasteiger charge is 2.19. The molecule has 1 N–H and O–H groups in total. The molecule has 0 aromatic rings. The Balaban J connectivity index is 4.36. The zero-order chi connectivity index (χ0) is 13.1. The fourth-order valence-corrected chi connectivity index (χ4v) is 1.74. The molecule has 0 amide bonds. The minimum atomic E-state index is -0.276. The van der Waals surface area contributed by atoms with E-state index in [9.17, 15) is 4.79 Å². The van der Waals surface area contributed by atoms with E-state index in [1.165, 1.54) is 6.92 Å². The zero-order valence-corrected chi connectivity index (χ0v) is 11.4. The normalized spacial score (nSPS) is 12.8. The van der Waals surface area contributed by atoms with Crippen LogP contribution in [0.1, 0.15) is 52.9 Å². The molecule has 0 spiro atoms. The fourth-order valence-electron chi connectivity index (χ4n) is 1.74. The molecule has 0 rings (SSSR count). The molecular formula is C13H27NO3. The van der Waals surface area contributed by atoms with Gasteiger partial charge in [-0.05, 0) is 12.8 Å². The Kier molecular flexibility index (Phi) is 10.2. The third-order valence-corrected chi connectivity index (χ3v) is 2.68. The summed E-state index contributed by atoms with van der Waals surface area (Å²) in [6, 6.07) is 0. The number of aliphatic hydroxyl groups is 1. The number of carbonyl (C=O) groups is 1. The summed E-state index contributed by atoms with van der Waals surface area (Å²) in [5.74, 6) is -0.276. The van der Waals surface area contributed by atoms with Gasteiger partial charge in [-0.15, -0.1) is 0 Å². The lowest BCUT2D eigenvalue weighted by atomic mass is 10.2. The molecule has 0 heterocycles. The number of aliphatic hydroxyl groups excluding tert-OH is 1. The van der Waals surface area contributed by atoms with E-state index in [1.54, 1.807) is 0 Å². The molecule has 0 aliphatic rings. The lowest BCUT2D eigenvalue weighted by molar-refractivity contribution is -0.158. The van der Waals surface area contributed by atoms with Crippen LogP contribution >= 0.6 is 0 Å². The Morgan fingerprint density at radius 2 is 1.76 bits per heavy atom. The Hall–Kier alpha value is -0.610. The molecule has 0 aromatic heterocycles. The van der Waals surface area contributed by atoms with Crippen LogP contribution in [0.4, 0.5) is 0 Å². The SMILES string of the molecule is CCCCN(CCCC)C(CCO)OC(C)=O. The van der Waals surface area contributed by atoms with Crippen molar-refractivity contribution < 1.29 is 14.6 Å². The van der Waals surface area contributed by atoms with Gasteiger partial charge in [0.2, 0.25) is 0 Å². The Labute approximate surface area is 105 Å². The van der Waals surface area contributed by atoms with Gasteiger partial charge in [0.1, 0.15) is 0 Å². The predicted molar refractivity (Wildman–Crippen MR) is 68.6 cm³/mol. The largest absolute Gasteiger partial charge is 0.446 e. The quantitative estimate of drug-likeness (QED) is 0.473. The van der Waals surface area contributed by atoms with Crippen LogP contribution in [-0.2, 0) is 9.53 Å². The first-order valence-electron chi connectivity index (χ1n) is 6.67. The molecule has 0 saturated heterocycles. The number of hydrogen-bond acceptors (Lipinski definition) is 4. The molecule has 0 radical (unpaired) electrons. The number of rotatable bonds is 10. The van der Waals surface area contributed by atoms with Crippen molar-refractivity contribution in [2.45, 2.75) is 59.1 Å². The van der Waals surface area contributed by atoms with Gasteiger partial charge in [0.05, 0.1) is 0 Å². The van der Waals surface area contributed by atoms with Crippen molar-refractivity contribution in [3.05, 3.63) is 0 Å². The second-order valence-corrected chi connectivity index (χ2v) is 4.32. The van der Waals surface area contributed by atoms with Gasteiger partial charge in [0.15, 0.2) is 6.23 Å². The summed E-state index contributed by atoms with van der Waals surface area (Å²) >= 11 is 0. The van der Waals surface area contributed by atoms with Gasteiger partial charge in [0, 0.05) is 33.0 Å². The summed E-state index contributed by atoms with van der Waals surface area (Å²) in [5, 5.41) is 9.03. The van der Waals surface area contributed by atoms with Crippen molar-refractivity contribution in [1.82, 2.24) is 4.90 Å². The minimum Gasteiger partial charge on any atom is -0.446 e. The lowest BCUT2D eigenvalue weighted by Crippen LogP contribution is -2.40. The maximum Gasteiger partial charge on any atom is 0.304 e. The zero-order valence-electron chi connectivity index (χ0n) is 11.4. The van der Waals surface area contributed by atoms with E-state index in [0.29, 0.717) is 6.42 Å². The van der Waals surface area contributed by atoms with Crippen molar-refractivity contribution >= 4 is 5.97 Å². The molecule has 0 aliphatic carbocycles. The van der Waals surface area contributed by atoms with Gasteiger partial charge in [-0.1, -0.05) is 26.7 Å². The van der Waals surface area contributed by atoms with E-state index >= 15 is 0 Å². The van der Waals surface area contributed by atoms with Crippen molar-refractivity contribution in [3.63, 3.8) is 0 Å². The first-order chi connectivity index (χ1) is 8.15. The Bertz CT molecular complexity index is 189. The van der Waals surface area contributed by atoms with Gasteiger partial charge >= 0.3 is 5.97 Å². The molecule has 0 saturated carbocycles. The van der Waals surface area contributed by atoms with Crippen molar-refractivity contribution in [3.8, 4) is 0 Å². The van der Waals surface area contributed by atoms with Gasteiger partial charge in [-0.25, -0.2) is 0 Å². The van der Waals surface area contributed by atoms with Crippen LogP contribution in [0.3, 0.4) is 0 Å². The van der Waals surface area contributed by atoms with E-state index in [2.05, 4.69) is 18.7 Å². The van der Waals surface area contributed by atoms with Crippen LogP contribution in [0.25, 0.3) is 0 Å². The number of ether oxygens (including phenoxy) is 1. The molecule has 0 fully saturated rings.